The van der Waals surface area contributed by atoms with Crippen LogP contribution in [0.2, 0.25) is 0 Å². The van der Waals surface area contributed by atoms with Gasteiger partial charge in [-0.15, -0.1) is 12.4 Å². The normalized spacial score (nSPS) is 10.7. The maximum atomic E-state index is 5.81. The number of nitrogens with two attached hydrogens (primary N) is 1. The van der Waals surface area contributed by atoms with Crippen molar-refractivity contribution < 1.29 is 0 Å². The van der Waals surface area contributed by atoms with E-state index < -0.39 is 0 Å². The Kier molecular flexibility index (Phi) is 3.36. The molecule has 0 spiro atoms. The third-order valence-corrected chi connectivity index (χ3v) is 1.95. The average molecular weight is 178 g/mol. The topological polar surface area (TPSA) is 26.0 Å². The molecular formula is C7H12ClNS. The molecule has 0 aliphatic rings. The van der Waals surface area contributed by atoms with Crippen LogP contribution < -0.4 is 5.73 Å². The Morgan fingerprint density at radius 2 is 2.10 bits per heavy atom. The summed E-state index contributed by atoms with van der Waals surface area (Å²) in [4.78, 5) is 0. The maximum absolute atomic E-state index is 5.81. The van der Waals surface area contributed by atoms with Crippen LogP contribution in [0.25, 0.3) is 0 Å². The van der Waals surface area contributed by atoms with Crippen LogP contribution in [0.1, 0.15) is 19.4 Å². The molecule has 58 valence electrons. The Bertz CT molecular complexity index is 176. The minimum absolute atomic E-state index is 0. The summed E-state index contributed by atoms with van der Waals surface area (Å²) in [6.45, 7) is 4.02. The number of thiophene rings is 1. The van der Waals surface area contributed by atoms with Crippen molar-refractivity contribution in [1.82, 2.24) is 0 Å². The van der Waals surface area contributed by atoms with E-state index in [0.29, 0.717) is 0 Å². The SMILES string of the molecule is CC(C)(N)c1ccsc1.Cl. The van der Waals surface area contributed by atoms with Crippen LogP contribution >= 0.6 is 23.7 Å². The van der Waals surface area contributed by atoms with Crippen molar-refractivity contribution in [3.05, 3.63) is 22.4 Å². The molecule has 0 aromatic carbocycles. The Morgan fingerprint density at radius 1 is 1.50 bits per heavy atom. The smallest absolute Gasteiger partial charge is 0.0360 e. The maximum Gasteiger partial charge on any atom is 0.0360 e. The quantitative estimate of drug-likeness (QED) is 0.701. The molecule has 3 heteroatoms. The number of halogens is 1. The first-order valence-electron chi connectivity index (χ1n) is 2.92. The summed E-state index contributed by atoms with van der Waals surface area (Å²) in [5.74, 6) is 0. The Morgan fingerprint density at radius 3 is 2.30 bits per heavy atom. The summed E-state index contributed by atoms with van der Waals surface area (Å²) < 4.78 is 0. The van der Waals surface area contributed by atoms with Crippen LogP contribution in [0.5, 0.6) is 0 Å². The second-order valence-electron chi connectivity index (χ2n) is 2.73. The van der Waals surface area contributed by atoms with E-state index in [4.69, 9.17) is 5.73 Å². The molecule has 1 aromatic heterocycles. The zero-order valence-corrected chi connectivity index (χ0v) is 7.76. The van der Waals surface area contributed by atoms with Crippen molar-refractivity contribution in [2.75, 3.05) is 0 Å². The van der Waals surface area contributed by atoms with Gasteiger partial charge < -0.3 is 5.73 Å². The van der Waals surface area contributed by atoms with Crippen LogP contribution in [0.3, 0.4) is 0 Å². The zero-order chi connectivity index (χ0) is 6.91. The summed E-state index contributed by atoms with van der Waals surface area (Å²) in [5.41, 5.74) is 6.86. The van der Waals surface area contributed by atoms with Gasteiger partial charge in [0.1, 0.15) is 0 Å². The molecule has 0 fully saturated rings. The van der Waals surface area contributed by atoms with Crippen LogP contribution in [0, 0.1) is 0 Å². The van der Waals surface area contributed by atoms with Gasteiger partial charge in [0.05, 0.1) is 0 Å². The molecule has 0 bridgehead atoms. The summed E-state index contributed by atoms with van der Waals surface area (Å²) in [6.07, 6.45) is 0. The van der Waals surface area contributed by atoms with Crippen molar-refractivity contribution in [3.8, 4) is 0 Å². The Labute approximate surface area is 71.7 Å². The largest absolute Gasteiger partial charge is 0.322 e. The van der Waals surface area contributed by atoms with Crippen LogP contribution in [0.15, 0.2) is 16.8 Å². The van der Waals surface area contributed by atoms with E-state index in [9.17, 15) is 0 Å². The molecule has 1 rings (SSSR count). The van der Waals surface area contributed by atoms with Crippen molar-refractivity contribution in [3.63, 3.8) is 0 Å². The average Bonchev–Trinajstić information content (AvgIpc) is 2.08. The first-order valence-corrected chi connectivity index (χ1v) is 3.86. The number of rotatable bonds is 1. The van der Waals surface area contributed by atoms with Gasteiger partial charge in [-0.25, -0.2) is 0 Å². The molecule has 0 unspecified atom stereocenters. The van der Waals surface area contributed by atoms with E-state index in [1.807, 2.05) is 19.2 Å². The van der Waals surface area contributed by atoms with Gasteiger partial charge in [0.25, 0.3) is 0 Å². The lowest BCUT2D eigenvalue weighted by Gasteiger charge is -2.15. The molecule has 1 aromatic rings. The van der Waals surface area contributed by atoms with Crippen molar-refractivity contribution in [1.29, 1.82) is 0 Å². The van der Waals surface area contributed by atoms with E-state index in [1.54, 1.807) is 11.3 Å². The van der Waals surface area contributed by atoms with Crippen LogP contribution in [-0.4, -0.2) is 0 Å². The number of hydrogen-bond donors (Lipinski definition) is 1. The third kappa shape index (κ3) is 2.29. The van der Waals surface area contributed by atoms with Crippen LogP contribution in [0.4, 0.5) is 0 Å². The molecule has 0 saturated carbocycles. The lowest BCUT2D eigenvalue weighted by Crippen LogP contribution is -2.27. The van der Waals surface area contributed by atoms with E-state index in [0.717, 1.165) is 0 Å². The highest BCUT2D eigenvalue weighted by Crippen LogP contribution is 2.18. The molecule has 1 heterocycles. The predicted molar refractivity (Wildman–Crippen MR) is 48.8 cm³/mol. The molecule has 0 atom stereocenters. The second kappa shape index (κ2) is 3.37. The zero-order valence-electron chi connectivity index (χ0n) is 6.13. The Balaban J connectivity index is 0.000000810. The van der Waals surface area contributed by atoms with Gasteiger partial charge in [-0.3, -0.25) is 0 Å². The molecule has 0 aliphatic carbocycles. The monoisotopic (exact) mass is 177 g/mol. The summed E-state index contributed by atoms with van der Waals surface area (Å²) in [6, 6.07) is 2.06. The van der Waals surface area contributed by atoms with Crippen molar-refractivity contribution in [2.24, 2.45) is 5.73 Å². The van der Waals surface area contributed by atoms with Crippen molar-refractivity contribution in [2.45, 2.75) is 19.4 Å². The lowest BCUT2D eigenvalue weighted by molar-refractivity contribution is 0.557. The summed E-state index contributed by atoms with van der Waals surface area (Å²) >= 11 is 1.69. The highest BCUT2D eigenvalue weighted by Gasteiger charge is 2.12. The van der Waals surface area contributed by atoms with Gasteiger partial charge in [0, 0.05) is 5.54 Å². The minimum Gasteiger partial charge on any atom is -0.322 e. The summed E-state index contributed by atoms with van der Waals surface area (Å²) in [5, 5.41) is 4.13. The van der Waals surface area contributed by atoms with E-state index >= 15 is 0 Å². The number of hydrogen-bond acceptors (Lipinski definition) is 2. The Hall–Kier alpha value is -0.0500. The fraction of sp³-hybridized carbons (Fsp3) is 0.429. The first kappa shape index (κ1) is 9.95. The molecule has 0 amide bonds. The fourth-order valence-corrected chi connectivity index (χ4v) is 1.46. The molecule has 1 nitrogen and oxygen atoms in total. The third-order valence-electron chi connectivity index (χ3n) is 1.27. The molecule has 0 saturated heterocycles. The van der Waals surface area contributed by atoms with Gasteiger partial charge in [-0.2, -0.15) is 11.3 Å². The molecule has 2 N–H and O–H groups in total. The van der Waals surface area contributed by atoms with Gasteiger partial charge in [0.15, 0.2) is 0 Å². The van der Waals surface area contributed by atoms with E-state index in [2.05, 4.69) is 11.4 Å². The van der Waals surface area contributed by atoms with Gasteiger partial charge >= 0.3 is 0 Å². The van der Waals surface area contributed by atoms with Gasteiger partial charge in [-0.05, 0) is 36.2 Å². The molecule has 0 radical (unpaired) electrons. The van der Waals surface area contributed by atoms with Gasteiger partial charge in [-0.1, -0.05) is 0 Å². The van der Waals surface area contributed by atoms with Gasteiger partial charge in [0.2, 0.25) is 0 Å². The molecular weight excluding hydrogens is 166 g/mol. The standard InChI is InChI=1S/C7H11NS.ClH/c1-7(2,8)6-3-4-9-5-6;/h3-5H,8H2,1-2H3;1H. The first-order chi connectivity index (χ1) is 4.11. The second-order valence-corrected chi connectivity index (χ2v) is 3.51. The highest BCUT2D eigenvalue weighted by atomic mass is 35.5. The lowest BCUT2D eigenvalue weighted by atomic mass is 10.00. The van der Waals surface area contributed by atoms with E-state index in [1.165, 1.54) is 5.56 Å². The van der Waals surface area contributed by atoms with Crippen molar-refractivity contribution >= 4 is 23.7 Å². The molecule has 10 heavy (non-hydrogen) atoms. The van der Waals surface area contributed by atoms with E-state index in [-0.39, 0.29) is 17.9 Å². The summed E-state index contributed by atoms with van der Waals surface area (Å²) in [7, 11) is 0. The minimum atomic E-state index is -0.167. The fourth-order valence-electron chi connectivity index (χ4n) is 0.631. The predicted octanol–water partition coefficient (Wildman–Crippen LogP) is 2.36. The highest BCUT2D eigenvalue weighted by molar-refractivity contribution is 7.08. The van der Waals surface area contributed by atoms with Crippen LogP contribution in [-0.2, 0) is 5.54 Å². The molecule has 0 aliphatic heterocycles.